The van der Waals surface area contributed by atoms with Crippen molar-refractivity contribution in [3.05, 3.63) is 0 Å². The van der Waals surface area contributed by atoms with Crippen molar-refractivity contribution in [2.45, 2.75) is 25.9 Å². The molecule has 3 nitrogen and oxygen atoms in total. The van der Waals surface area contributed by atoms with E-state index < -0.39 is 0 Å². The van der Waals surface area contributed by atoms with Gasteiger partial charge in [0.25, 0.3) is 0 Å². The molecule has 0 aromatic carbocycles. The quantitative estimate of drug-likeness (QED) is 0.586. The van der Waals surface area contributed by atoms with Crippen molar-refractivity contribution in [2.75, 3.05) is 33.0 Å². The van der Waals surface area contributed by atoms with Crippen LogP contribution >= 0.6 is 0 Å². The third kappa shape index (κ3) is 4.04. The molecule has 1 fully saturated rings. The van der Waals surface area contributed by atoms with Crippen LogP contribution in [0, 0.1) is 0 Å². The van der Waals surface area contributed by atoms with Crippen molar-refractivity contribution in [3.63, 3.8) is 0 Å². The van der Waals surface area contributed by atoms with E-state index in [0.717, 1.165) is 19.6 Å². The topological polar surface area (TPSA) is 27.7 Å². The van der Waals surface area contributed by atoms with Crippen LogP contribution in [-0.2, 0) is 14.2 Å². The van der Waals surface area contributed by atoms with Gasteiger partial charge in [-0.1, -0.05) is 13.3 Å². The minimum Gasteiger partial charge on any atom is -0.379 e. The predicted molar refractivity (Wildman–Crippen MR) is 46.3 cm³/mol. The second-order valence-electron chi connectivity index (χ2n) is 3.00. The molecule has 1 heterocycles. The van der Waals surface area contributed by atoms with E-state index in [-0.39, 0.29) is 6.10 Å². The largest absolute Gasteiger partial charge is 0.379 e. The van der Waals surface area contributed by atoms with Gasteiger partial charge < -0.3 is 14.2 Å². The van der Waals surface area contributed by atoms with E-state index in [9.17, 15) is 0 Å². The highest BCUT2D eigenvalue weighted by atomic mass is 16.6. The molecule has 0 radical (unpaired) electrons. The molecule has 0 N–H and O–H groups in total. The molecule has 1 aliphatic heterocycles. The Bertz CT molecular complexity index is 99.9. The van der Waals surface area contributed by atoms with Crippen LogP contribution in [0.3, 0.4) is 0 Å². The van der Waals surface area contributed by atoms with Crippen LogP contribution in [0.1, 0.15) is 19.8 Å². The van der Waals surface area contributed by atoms with Gasteiger partial charge in [-0.25, -0.2) is 0 Å². The molecular formula is C9H18O3. The number of hydrogen-bond acceptors (Lipinski definition) is 3. The van der Waals surface area contributed by atoms with Gasteiger partial charge in [0, 0.05) is 6.61 Å². The van der Waals surface area contributed by atoms with E-state index in [0.29, 0.717) is 19.8 Å². The Morgan fingerprint density at radius 2 is 2.33 bits per heavy atom. The maximum atomic E-state index is 5.41. The zero-order valence-electron chi connectivity index (χ0n) is 7.75. The van der Waals surface area contributed by atoms with E-state index >= 15 is 0 Å². The van der Waals surface area contributed by atoms with E-state index in [4.69, 9.17) is 14.2 Å². The fourth-order valence-corrected chi connectivity index (χ4v) is 1.09. The molecular weight excluding hydrogens is 156 g/mol. The lowest BCUT2D eigenvalue weighted by Gasteiger charge is -2.22. The van der Waals surface area contributed by atoms with Crippen LogP contribution in [-0.4, -0.2) is 39.1 Å². The molecule has 1 aliphatic rings. The Morgan fingerprint density at radius 3 is 3.00 bits per heavy atom. The van der Waals surface area contributed by atoms with Gasteiger partial charge in [0.15, 0.2) is 0 Å². The summed E-state index contributed by atoms with van der Waals surface area (Å²) in [6.07, 6.45) is 2.48. The summed E-state index contributed by atoms with van der Waals surface area (Å²) >= 11 is 0. The van der Waals surface area contributed by atoms with Gasteiger partial charge in [-0.3, -0.25) is 0 Å². The molecule has 0 bridgehead atoms. The summed E-state index contributed by atoms with van der Waals surface area (Å²) in [7, 11) is 0. The molecule has 1 saturated heterocycles. The summed E-state index contributed by atoms with van der Waals surface area (Å²) in [6.45, 7) is 5.80. The summed E-state index contributed by atoms with van der Waals surface area (Å²) in [5.41, 5.74) is 0. The van der Waals surface area contributed by atoms with Crippen LogP contribution in [0.2, 0.25) is 0 Å². The first-order valence-corrected chi connectivity index (χ1v) is 4.70. The number of rotatable bonds is 5. The molecule has 1 rings (SSSR count). The number of hydrogen-bond donors (Lipinski definition) is 0. The van der Waals surface area contributed by atoms with Gasteiger partial charge in [0.2, 0.25) is 0 Å². The molecule has 3 heteroatoms. The summed E-state index contributed by atoms with van der Waals surface area (Å²) in [6, 6.07) is 0. The van der Waals surface area contributed by atoms with Gasteiger partial charge in [0.05, 0.1) is 26.4 Å². The van der Waals surface area contributed by atoms with Crippen molar-refractivity contribution < 1.29 is 14.2 Å². The van der Waals surface area contributed by atoms with Crippen LogP contribution < -0.4 is 0 Å². The van der Waals surface area contributed by atoms with Crippen molar-refractivity contribution in [2.24, 2.45) is 0 Å². The van der Waals surface area contributed by atoms with Crippen LogP contribution in [0.25, 0.3) is 0 Å². The Hall–Kier alpha value is -0.120. The molecule has 0 amide bonds. The molecule has 72 valence electrons. The average molecular weight is 174 g/mol. The van der Waals surface area contributed by atoms with Gasteiger partial charge in [0.1, 0.15) is 6.10 Å². The molecule has 0 spiro atoms. The first kappa shape index (κ1) is 9.96. The third-order valence-corrected chi connectivity index (χ3v) is 1.83. The predicted octanol–water partition coefficient (Wildman–Crippen LogP) is 1.22. The van der Waals surface area contributed by atoms with Gasteiger partial charge >= 0.3 is 0 Å². The molecule has 0 aromatic heterocycles. The number of unbranched alkanes of at least 4 members (excludes halogenated alkanes) is 1. The molecule has 12 heavy (non-hydrogen) atoms. The lowest BCUT2D eigenvalue weighted by molar-refractivity contribution is -0.115. The summed E-state index contributed by atoms with van der Waals surface area (Å²) in [4.78, 5) is 0. The minimum atomic E-state index is 0.163. The van der Waals surface area contributed by atoms with Crippen LogP contribution in [0.5, 0.6) is 0 Å². The Labute approximate surface area is 74.0 Å². The Balaban J connectivity index is 1.91. The molecule has 1 atom stereocenters. The fourth-order valence-electron chi connectivity index (χ4n) is 1.09. The first-order chi connectivity index (χ1) is 5.93. The summed E-state index contributed by atoms with van der Waals surface area (Å²) in [5, 5.41) is 0. The number of ether oxygens (including phenoxy) is 3. The maximum absolute atomic E-state index is 5.41. The standard InChI is InChI=1S/C9H18O3/c1-2-3-4-10-7-9-8-11-5-6-12-9/h9H,2-8H2,1H3. The average Bonchev–Trinajstić information content (AvgIpc) is 2.14. The van der Waals surface area contributed by atoms with Crippen molar-refractivity contribution in [1.29, 1.82) is 0 Å². The maximum Gasteiger partial charge on any atom is 0.104 e. The highest BCUT2D eigenvalue weighted by Gasteiger charge is 2.13. The van der Waals surface area contributed by atoms with E-state index in [1.165, 1.54) is 6.42 Å². The first-order valence-electron chi connectivity index (χ1n) is 4.70. The smallest absolute Gasteiger partial charge is 0.104 e. The zero-order valence-corrected chi connectivity index (χ0v) is 7.75. The van der Waals surface area contributed by atoms with E-state index in [1.807, 2.05) is 0 Å². The fraction of sp³-hybridized carbons (Fsp3) is 1.00. The van der Waals surface area contributed by atoms with Crippen molar-refractivity contribution in [3.8, 4) is 0 Å². The molecule has 0 saturated carbocycles. The van der Waals surface area contributed by atoms with Gasteiger partial charge in [-0.15, -0.1) is 0 Å². The zero-order chi connectivity index (χ0) is 8.65. The van der Waals surface area contributed by atoms with Crippen molar-refractivity contribution >= 4 is 0 Å². The van der Waals surface area contributed by atoms with Crippen LogP contribution in [0.15, 0.2) is 0 Å². The lowest BCUT2D eigenvalue weighted by Crippen LogP contribution is -2.32. The molecule has 0 aliphatic carbocycles. The monoisotopic (exact) mass is 174 g/mol. The minimum absolute atomic E-state index is 0.163. The lowest BCUT2D eigenvalue weighted by atomic mass is 10.3. The SMILES string of the molecule is CCCCOCC1COCCO1. The molecule has 0 aromatic rings. The Morgan fingerprint density at radius 1 is 1.42 bits per heavy atom. The second-order valence-corrected chi connectivity index (χ2v) is 3.00. The second kappa shape index (κ2) is 6.40. The Kier molecular flexibility index (Phi) is 5.32. The summed E-state index contributed by atoms with van der Waals surface area (Å²) in [5.74, 6) is 0. The third-order valence-electron chi connectivity index (χ3n) is 1.83. The van der Waals surface area contributed by atoms with Crippen molar-refractivity contribution in [1.82, 2.24) is 0 Å². The highest BCUT2D eigenvalue weighted by molar-refractivity contribution is 4.58. The normalized spacial score (nSPS) is 24.2. The summed E-state index contributed by atoms with van der Waals surface area (Å²) < 4.78 is 16.1. The highest BCUT2D eigenvalue weighted by Crippen LogP contribution is 2.01. The van der Waals surface area contributed by atoms with E-state index in [2.05, 4.69) is 6.92 Å². The van der Waals surface area contributed by atoms with Gasteiger partial charge in [-0.05, 0) is 6.42 Å². The van der Waals surface area contributed by atoms with E-state index in [1.54, 1.807) is 0 Å². The van der Waals surface area contributed by atoms with Gasteiger partial charge in [-0.2, -0.15) is 0 Å². The van der Waals surface area contributed by atoms with Crippen LogP contribution in [0.4, 0.5) is 0 Å². The molecule has 1 unspecified atom stereocenters.